The topological polar surface area (TPSA) is 23.5 Å². The molecule has 3 rings (SSSR count). The number of rotatable bonds is 4. The van der Waals surface area contributed by atoms with Crippen molar-refractivity contribution in [1.29, 1.82) is 0 Å². The van der Waals surface area contributed by atoms with E-state index in [4.69, 9.17) is 0 Å². The summed E-state index contributed by atoms with van der Waals surface area (Å²) in [6, 6.07) is 18.6. The Morgan fingerprint density at radius 1 is 1.08 bits per heavy atom. The molecular weight excluding hydrogens is 362 g/mol. The molecule has 1 heterocycles. The largest absolute Gasteiger partial charge is 0.508 e. The molecule has 0 radical (unpaired) electrons. The molecule has 3 heteroatoms. The highest BCUT2D eigenvalue weighted by Crippen LogP contribution is 2.39. The normalized spacial score (nSPS) is 24.3. The minimum atomic E-state index is 0. The van der Waals surface area contributed by atoms with Gasteiger partial charge in [0.2, 0.25) is 0 Å². The van der Waals surface area contributed by atoms with E-state index < -0.39 is 0 Å². The lowest BCUT2D eigenvalue weighted by molar-refractivity contribution is 0.112. The highest BCUT2D eigenvalue weighted by molar-refractivity contribution is 8.93. The molecule has 2 atom stereocenters. The van der Waals surface area contributed by atoms with Gasteiger partial charge in [0.05, 0.1) is 0 Å². The predicted octanol–water partition coefficient (Wildman–Crippen LogP) is 4.81. The Morgan fingerprint density at radius 3 is 2.38 bits per heavy atom. The van der Waals surface area contributed by atoms with Crippen LogP contribution in [-0.2, 0) is 11.8 Å². The van der Waals surface area contributed by atoms with Crippen molar-refractivity contribution < 1.29 is 5.11 Å². The van der Waals surface area contributed by atoms with Gasteiger partial charge in [0.1, 0.15) is 5.75 Å². The van der Waals surface area contributed by atoms with E-state index >= 15 is 0 Å². The molecule has 0 aromatic heterocycles. The van der Waals surface area contributed by atoms with Crippen molar-refractivity contribution in [1.82, 2.24) is 4.90 Å². The molecule has 1 aliphatic rings. The number of piperidine rings is 1. The van der Waals surface area contributed by atoms with Gasteiger partial charge in [-0.3, -0.25) is 0 Å². The summed E-state index contributed by atoms with van der Waals surface area (Å²) in [6.07, 6.45) is 2.27. The highest BCUT2D eigenvalue weighted by Gasteiger charge is 2.37. The van der Waals surface area contributed by atoms with E-state index in [2.05, 4.69) is 49.1 Å². The maximum absolute atomic E-state index is 9.36. The van der Waals surface area contributed by atoms with E-state index in [-0.39, 0.29) is 22.4 Å². The molecule has 0 saturated carbocycles. The second-order valence-electron chi connectivity index (χ2n) is 7.15. The Labute approximate surface area is 156 Å². The minimum absolute atomic E-state index is 0. The first kappa shape index (κ1) is 19.0. The van der Waals surface area contributed by atoms with Gasteiger partial charge in [-0.25, -0.2) is 0 Å². The van der Waals surface area contributed by atoms with E-state index in [0.717, 1.165) is 26.1 Å². The van der Waals surface area contributed by atoms with Gasteiger partial charge in [-0.1, -0.05) is 56.3 Å². The van der Waals surface area contributed by atoms with Gasteiger partial charge in [0, 0.05) is 13.1 Å². The SMILES string of the molecule is Br.CC1CN(CCc2ccc(O)cc2)CCC1(C)c1ccccc1. The van der Waals surface area contributed by atoms with Crippen LogP contribution in [0.5, 0.6) is 5.75 Å². The molecule has 1 aliphatic heterocycles. The predicted molar refractivity (Wildman–Crippen MR) is 106 cm³/mol. The highest BCUT2D eigenvalue weighted by atomic mass is 79.9. The molecule has 2 aromatic rings. The molecule has 1 fully saturated rings. The number of hydrogen-bond acceptors (Lipinski definition) is 2. The fraction of sp³-hybridized carbons (Fsp3) is 0.429. The zero-order valence-corrected chi connectivity index (χ0v) is 16.3. The van der Waals surface area contributed by atoms with Gasteiger partial charge < -0.3 is 10.0 Å². The van der Waals surface area contributed by atoms with Crippen LogP contribution in [0, 0.1) is 5.92 Å². The van der Waals surface area contributed by atoms with Crippen molar-refractivity contribution in [2.75, 3.05) is 19.6 Å². The van der Waals surface area contributed by atoms with Crippen LogP contribution < -0.4 is 0 Å². The molecule has 24 heavy (non-hydrogen) atoms. The van der Waals surface area contributed by atoms with Crippen LogP contribution in [0.15, 0.2) is 54.6 Å². The zero-order valence-electron chi connectivity index (χ0n) is 14.6. The Hall–Kier alpha value is -1.32. The standard InChI is InChI=1S/C21H27NO.BrH/c1-17-16-22(14-12-18-8-10-20(23)11-9-18)15-13-21(17,2)19-6-4-3-5-7-19;/h3-11,17,23H,12-16H2,1-2H3;1H. The van der Waals surface area contributed by atoms with Crippen molar-refractivity contribution in [3.63, 3.8) is 0 Å². The molecule has 2 nitrogen and oxygen atoms in total. The van der Waals surface area contributed by atoms with Gasteiger partial charge in [-0.05, 0) is 54.0 Å². The average molecular weight is 390 g/mol. The maximum Gasteiger partial charge on any atom is 0.115 e. The smallest absolute Gasteiger partial charge is 0.115 e. The lowest BCUT2D eigenvalue weighted by Crippen LogP contribution is -2.47. The molecule has 130 valence electrons. The summed E-state index contributed by atoms with van der Waals surface area (Å²) < 4.78 is 0. The van der Waals surface area contributed by atoms with Crippen LogP contribution >= 0.6 is 17.0 Å². The monoisotopic (exact) mass is 389 g/mol. The summed E-state index contributed by atoms with van der Waals surface area (Å²) in [5, 5.41) is 9.36. The molecular formula is C21H28BrNO. The lowest BCUT2D eigenvalue weighted by atomic mass is 9.68. The van der Waals surface area contributed by atoms with Crippen molar-refractivity contribution in [3.8, 4) is 5.75 Å². The number of phenolic OH excluding ortho intramolecular Hbond substituents is 1. The number of hydrogen-bond donors (Lipinski definition) is 1. The molecule has 2 aromatic carbocycles. The molecule has 2 unspecified atom stereocenters. The molecule has 1 saturated heterocycles. The quantitative estimate of drug-likeness (QED) is 0.810. The molecule has 1 N–H and O–H groups in total. The van der Waals surface area contributed by atoms with Crippen LogP contribution in [0.4, 0.5) is 0 Å². The third kappa shape index (κ3) is 4.20. The number of nitrogens with zero attached hydrogens (tertiary/aromatic N) is 1. The van der Waals surface area contributed by atoms with Crippen LogP contribution in [0.3, 0.4) is 0 Å². The summed E-state index contributed by atoms with van der Waals surface area (Å²) in [4.78, 5) is 2.59. The van der Waals surface area contributed by atoms with Gasteiger partial charge in [-0.15, -0.1) is 17.0 Å². The number of phenols is 1. The van der Waals surface area contributed by atoms with Gasteiger partial charge >= 0.3 is 0 Å². The minimum Gasteiger partial charge on any atom is -0.508 e. The van der Waals surface area contributed by atoms with Crippen LogP contribution in [0.25, 0.3) is 0 Å². The first-order valence-corrected chi connectivity index (χ1v) is 8.64. The maximum atomic E-state index is 9.36. The summed E-state index contributed by atoms with van der Waals surface area (Å²) in [7, 11) is 0. The lowest BCUT2D eigenvalue weighted by Gasteiger charge is -2.45. The number of benzene rings is 2. The molecule has 0 spiro atoms. The Morgan fingerprint density at radius 2 is 1.75 bits per heavy atom. The number of aromatic hydroxyl groups is 1. The Bertz CT molecular complexity index is 628. The summed E-state index contributed by atoms with van der Waals surface area (Å²) in [6.45, 7) is 8.22. The molecule has 0 aliphatic carbocycles. The van der Waals surface area contributed by atoms with E-state index in [9.17, 15) is 5.11 Å². The van der Waals surface area contributed by atoms with Crippen molar-refractivity contribution in [2.24, 2.45) is 5.92 Å². The van der Waals surface area contributed by atoms with Gasteiger partial charge in [0.25, 0.3) is 0 Å². The Kier molecular flexibility index (Phi) is 6.47. The summed E-state index contributed by atoms with van der Waals surface area (Å²) in [5.41, 5.74) is 3.06. The van der Waals surface area contributed by atoms with Crippen LogP contribution in [0.2, 0.25) is 0 Å². The summed E-state index contributed by atoms with van der Waals surface area (Å²) >= 11 is 0. The molecule has 0 bridgehead atoms. The molecule has 0 amide bonds. The zero-order chi connectivity index (χ0) is 16.3. The fourth-order valence-electron chi connectivity index (χ4n) is 3.72. The van der Waals surface area contributed by atoms with Crippen molar-refractivity contribution in [3.05, 3.63) is 65.7 Å². The third-order valence-corrected chi connectivity index (χ3v) is 5.65. The van der Waals surface area contributed by atoms with E-state index in [1.54, 1.807) is 12.1 Å². The number of halogens is 1. The second-order valence-corrected chi connectivity index (χ2v) is 7.15. The first-order valence-electron chi connectivity index (χ1n) is 8.64. The van der Waals surface area contributed by atoms with Crippen molar-refractivity contribution in [2.45, 2.75) is 32.1 Å². The average Bonchev–Trinajstić information content (AvgIpc) is 2.58. The third-order valence-electron chi connectivity index (χ3n) is 5.65. The van der Waals surface area contributed by atoms with Crippen LogP contribution in [-0.4, -0.2) is 29.6 Å². The van der Waals surface area contributed by atoms with E-state index in [1.807, 2.05) is 12.1 Å². The Balaban J connectivity index is 0.00000208. The van der Waals surface area contributed by atoms with Gasteiger partial charge in [0.15, 0.2) is 0 Å². The van der Waals surface area contributed by atoms with Crippen molar-refractivity contribution >= 4 is 17.0 Å². The fourth-order valence-corrected chi connectivity index (χ4v) is 3.72. The summed E-state index contributed by atoms with van der Waals surface area (Å²) in [5.74, 6) is 0.998. The van der Waals surface area contributed by atoms with E-state index in [0.29, 0.717) is 11.7 Å². The van der Waals surface area contributed by atoms with E-state index in [1.165, 1.54) is 17.5 Å². The number of likely N-dealkylation sites (tertiary alicyclic amines) is 1. The van der Waals surface area contributed by atoms with Crippen LogP contribution in [0.1, 0.15) is 31.4 Å². The second kappa shape index (κ2) is 8.17. The first-order chi connectivity index (χ1) is 11.1. The van der Waals surface area contributed by atoms with Gasteiger partial charge in [-0.2, -0.15) is 0 Å².